The van der Waals surface area contributed by atoms with Crippen LogP contribution in [0.25, 0.3) is 10.7 Å². The van der Waals surface area contributed by atoms with Crippen LogP contribution in [0.4, 0.5) is 0 Å². The topological polar surface area (TPSA) is 104 Å². The predicted molar refractivity (Wildman–Crippen MR) is 97.4 cm³/mol. The fourth-order valence-corrected chi connectivity index (χ4v) is 2.79. The van der Waals surface area contributed by atoms with E-state index in [1.54, 1.807) is 24.3 Å². The molecule has 2 heterocycles. The van der Waals surface area contributed by atoms with E-state index in [1.165, 1.54) is 11.3 Å². The average Bonchev–Trinajstić information content (AvgIpc) is 3.37. The molecule has 0 aliphatic carbocycles. The van der Waals surface area contributed by atoms with Gasteiger partial charge in [0.05, 0.1) is 11.5 Å². The van der Waals surface area contributed by atoms with Crippen LogP contribution in [-0.4, -0.2) is 35.2 Å². The average molecular weight is 387 g/mol. The number of amides is 1. The molecule has 0 unspecified atom stereocenters. The fourth-order valence-electron chi connectivity index (χ4n) is 2.14. The largest absolute Gasteiger partial charge is 0.494 e. The van der Waals surface area contributed by atoms with Gasteiger partial charge < -0.3 is 19.3 Å². The highest BCUT2D eigenvalue weighted by atomic mass is 32.1. The Kier molecular flexibility index (Phi) is 6.16. The van der Waals surface area contributed by atoms with E-state index >= 15 is 0 Å². The number of aromatic nitrogens is 2. The van der Waals surface area contributed by atoms with Gasteiger partial charge in [0.25, 0.3) is 11.8 Å². The van der Waals surface area contributed by atoms with Gasteiger partial charge in [-0.3, -0.25) is 9.59 Å². The van der Waals surface area contributed by atoms with Crippen molar-refractivity contribution in [1.29, 1.82) is 0 Å². The fraction of sp³-hybridized carbons (Fsp3) is 0.222. The van der Waals surface area contributed by atoms with Gasteiger partial charge in [0.15, 0.2) is 6.61 Å². The van der Waals surface area contributed by atoms with Gasteiger partial charge in [0, 0.05) is 5.56 Å². The molecule has 0 bridgehead atoms. The third-order valence-electron chi connectivity index (χ3n) is 3.39. The monoisotopic (exact) mass is 387 g/mol. The van der Waals surface area contributed by atoms with Crippen molar-refractivity contribution in [2.75, 3.05) is 13.2 Å². The molecular formula is C18H17N3O5S. The maximum absolute atomic E-state index is 12.0. The molecule has 1 N–H and O–H groups in total. The number of carbonyl (C=O) groups is 2. The summed E-state index contributed by atoms with van der Waals surface area (Å²) in [5.41, 5.74) is 0.420. The summed E-state index contributed by atoms with van der Waals surface area (Å²) in [5, 5.41) is 8.22. The molecule has 0 atom stereocenters. The second-order valence-corrected chi connectivity index (χ2v) is 6.24. The molecule has 1 amide bonds. The third kappa shape index (κ3) is 5.14. The molecule has 140 valence electrons. The second kappa shape index (κ2) is 8.95. The van der Waals surface area contributed by atoms with Crippen LogP contribution >= 0.6 is 11.3 Å². The van der Waals surface area contributed by atoms with Gasteiger partial charge in [-0.25, -0.2) is 0 Å². The van der Waals surface area contributed by atoms with Crippen molar-refractivity contribution in [2.24, 2.45) is 0 Å². The Labute approximate surface area is 159 Å². The minimum absolute atomic E-state index is 0.157. The van der Waals surface area contributed by atoms with Gasteiger partial charge in [-0.2, -0.15) is 4.98 Å². The lowest BCUT2D eigenvalue weighted by Gasteiger charge is -2.06. The highest BCUT2D eigenvalue weighted by molar-refractivity contribution is 7.13. The Balaban J connectivity index is 1.43. The van der Waals surface area contributed by atoms with E-state index in [-0.39, 0.29) is 24.9 Å². The van der Waals surface area contributed by atoms with E-state index in [0.717, 1.165) is 4.88 Å². The van der Waals surface area contributed by atoms with Crippen molar-refractivity contribution in [2.45, 2.75) is 13.5 Å². The molecule has 1 aromatic carbocycles. The summed E-state index contributed by atoms with van der Waals surface area (Å²) in [7, 11) is 0. The van der Waals surface area contributed by atoms with E-state index in [2.05, 4.69) is 15.5 Å². The summed E-state index contributed by atoms with van der Waals surface area (Å²) in [6.07, 6.45) is 0. The molecule has 3 rings (SSSR count). The van der Waals surface area contributed by atoms with Crippen LogP contribution in [0.15, 0.2) is 46.3 Å². The Morgan fingerprint density at radius 1 is 1.22 bits per heavy atom. The van der Waals surface area contributed by atoms with Crippen LogP contribution in [-0.2, 0) is 16.1 Å². The molecule has 2 aromatic heterocycles. The zero-order valence-electron chi connectivity index (χ0n) is 14.5. The molecule has 27 heavy (non-hydrogen) atoms. The highest BCUT2D eigenvalue weighted by Gasteiger charge is 2.13. The quantitative estimate of drug-likeness (QED) is 0.593. The molecule has 0 saturated carbocycles. The van der Waals surface area contributed by atoms with Gasteiger partial charge in [0.2, 0.25) is 5.82 Å². The molecule has 0 aliphatic heterocycles. The van der Waals surface area contributed by atoms with Crippen molar-refractivity contribution < 1.29 is 23.6 Å². The molecule has 0 fully saturated rings. The number of thiophene rings is 1. The van der Waals surface area contributed by atoms with Crippen LogP contribution in [0.3, 0.4) is 0 Å². The van der Waals surface area contributed by atoms with E-state index in [0.29, 0.717) is 23.7 Å². The first kappa shape index (κ1) is 18.6. The summed E-state index contributed by atoms with van der Waals surface area (Å²) in [6, 6.07) is 10.4. The minimum atomic E-state index is -0.606. The van der Waals surface area contributed by atoms with Crippen LogP contribution in [0.5, 0.6) is 5.75 Å². The second-order valence-electron chi connectivity index (χ2n) is 5.29. The minimum Gasteiger partial charge on any atom is -0.494 e. The summed E-state index contributed by atoms with van der Waals surface area (Å²) < 4.78 is 15.4. The van der Waals surface area contributed by atoms with Crippen molar-refractivity contribution in [3.05, 3.63) is 53.2 Å². The van der Waals surface area contributed by atoms with Gasteiger partial charge in [-0.15, -0.1) is 11.3 Å². The zero-order valence-corrected chi connectivity index (χ0v) is 15.3. The Bertz CT molecular complexity index is 890. The summed E-state index contributed by atoms with van der Waals surface area (Å²) in [6.45, 7) is 2.00. The number of ether oxygens (including phenoxy) is 2. The highest BCUT2D eigenvalue weighted by Crippen LogP contribution is 2.21. The molecule has 0 saturated heterocycles. The normalized spacial score (nSPS) is 10.4. The lowest BCUT2D eigenvalue weighted by Crippen LogP contribution is -2.30. The number of rotatable bonds is 8. The maximum atomic E-state index is 12.0. The van der Waals surface area contributed by atoms with Crippen LogP contribution in [0, 0.1) is 0 Å². The summed E-state index contributed by atoms with van der Waals surface area (Å²) in [5.74, 6) is 0.317. The maximum Gasteiger partial charge on any atom is 0.325 e. The SMILES string of the molecule is CCOc1ccc(C(=O)NCC(=O)OCc2nc(-c3cccs3)no2)cc1. The number of esters is 1. The van der Waals surface area contributed by atoms with Crippen molar-refractivity contribution in [3.63, 3.8) is 0 Å². The van der Waals surface area contributed by atoms with Crippen molar-refractivity contribution in [3.8, 4) is 16.5 Å². The first-order valence-corrected chi connectivity index (χ1v) is 9.07. The van der Waals surface area contributed by atoms with Crippen molar-refractivity contribution in [1.82, 2.24) is 15.5 Å². The van der Waals surface area contributed by atoms with E-state index in [4.69, 9.17) is 14.0 Å². The first-order valence-electron chi connectivity index (χ1n) is 8.19. The lowest BCUT2D eigenvalue weighted by atomic mass is 10.2. The summed E-state index contributed by atoms with van der Waals surface area (Å²) in [4.78, 5) is 28.8. The van der Waals surface area contributed by atoms with Gasteiger partial charge >= 0.3 is 5.97 Å². The van der Waals surface area contributed by atoms with Crippen molar-refractivity contribution >= 4 is 23.2 Å². The number of nitrogens with zero attached hydrogens (tertiary/aromatic N) is 2. The number of carbonyl (C=O) groups excluding carboxylic acids is 2. The number of benzene rings is 1. The number of nitrogens with one attached hydrogen (secondary N) is 1. The van der Waals surface area contributed by atoms with Crippen LogP contribution in [0.2, 0.25) is 0 Å². The van der Waals surface area contributed by atoms with Crippen LogP contribution < -0.4 is 10.1 Å². The number of hydrogen-bond acceptors (Lipinski definition) is 8. The molecular weight excluding hydrogens is 370 g/mol. The third-order valence-corrected chi connectivity index (χ3v) is 4.25. The smallest absolute Gasteiger partial charge is 0.325 e. The van der Waals surface area contributed by atoms with Gasteiger partial charge in [-0.05, 0) is 42.6 Å². The zero-order chi connectivity index (χ0) is 19.1. The molecule has 3 aromatic rings. The Morgan fingerprint density at radius 2 is 2.04 bits per heavy atom. The van der Waals surface area contributed by atoms with E-state index < -0.39 is 5.97 Å². The predicted octanol–water partition coefficient (Wildman–Crippen LogP) is 2.67. The molecule has 0 aliphatic rings. The molecule has 0 radical (unpaired) electrons. The van der Waals surface area contributed by atoms with Gasteiger partial charge in [-0.1, -0.05) is 11.2 Å². The molecule has 9 heteroatoms. The number of hydrogen-bond donors (Lipinski definition) is 1. The Hall–Kier alpha value is -3.20. The van der Waals surface area contributed by atoms with E-state index in [9.17, 15) is 9.59 Å². The standard InChI is InChI=1S/C18H17N3O5S/c1-2-24-13-7-5-12(6-8-13)18(23)19-10-16(22)25-11-15-20-17(21-26-15)14-4-3-9-27-14/h3-9H,2,10-11H2,1H3,(H,19,23). The first-order chi connectivity index (χ1) is 13.2. The van der Waals surface area contributed by atoms with Gasteiger partial charge in [0.1, 0.15) is 12.3 Å². The molecule has 8 nitrogen and oxygen atoms in total. The lowest BCUT2D eigenvalue weighted by molar-refractivity contribution is -0.144. The molecule has 0 spiro atoms. The van der Waals surface area contributed by atoms with Crippen LogP contribution in [0.1, 0.15) is 23.2 Å². The van der Waals surface area contributed by atoms with E-state index in [1.807, 2.05) is 24.4 Å². The summed E-state index contributed by atoms with van der Waals surface area (Å²) >= 11 is 1.48. The Morgan fingerprint density at radius 3 is 2.74 bits per heavy atom.